The fraction of sp³-hybridized carbons (Fsp3) is 0.0690. The molecule has 0 radical (unpaired) electrons. The molecule has 172 valence electrons. The average Bonchev–Trinajstić information content (AvgIpc) is 2.92. The van der Waals surface area contributed by atoms with Gasteiger partial charge in [-0.2, -0.15) is 0 Å². The van der Waals surface area contributed by atoms with Crippen molar-refractivity contribution in [1.82, 2.24) is 15.3 Å². The van der Waals surface area contributed by atoms with Crippen molar-refractivity contribution >= 4 is 28.2 Å². The standard InChI is InChI=1S/C29H24N4O2/c1-35-27-14-13-23(24-15-17-30-19-26(24)27)21-9-11-22(12-10-21)33-28-25(8-5-16-31-28)29(34)32-18-20-6-3-2-4-7-20/h2-17,19H,18H2,1H3,(H,31,33)(H,32,34). The number of pyridine rings is 2. The van der Waals surface area contributed by atoms with Gasteiger partial charge in [-0.25, -0.2) is 4.98 Å². The van der Waals surface area contributed by atoms with Gasteiger partial charge in [0.25, 0.3) is 5.91 Å². The second kappa shape index (κ2) is 10.1. The number of nitrogens with one attached hydrogen (secondary N) is 2. The van der Waals surface area contributed by atoms with Gasteiger partial charge < -0.3 is 15.4 Å². The van der Waals surface area contributed by atoms with Crippen molar-refractivity contribution in [2.45, 2.75) is 6.54 Å². The number of fused-ring (bicyclic) bond motifs is 1. The first-order valence-electron chi connectivity index (χ1n) is 11.3. The molecule has 2 aromatic heterocycles. The summed E-state index contributed by atoms with van der Waals surface area (Å²) in [5, 5.41) is 8.29. The van der Waals surface area contributed by atoms with Crippen LogP contribution in [0.3, 0.4) is 0 Å². The molecule has 6 nitrogen and oxygen atoms in total. The topological polar surface area (TPSA) is 76.1 Å². The summed E-state index contributed by atoms with van der Waals surface area (Å²) in [4.78, 5) is 21.5. The number of amides is 1. The number of benzene rings is 3. The fourth-order valence-corrected chi connectivity index (χ4v) is 4.03. The molecule has 0 aliphatic heterocycles. The summed E-state index contributed by atoms with van der Waals surface area (Å²) in [6.45, 7) is 0.452. The van der Waals surface area contributed by atoms with Gasteiger partial charge in [0.2, 0.25) is 0 Å². The molecule has 0 aliphatic carbocycles. The maximum atomic E-state index is 12.8. The van der Waals surface area contributed by atoms with E-state index in [0.29, 0.717) is 17.9 Å². The maximum absolute atomic E-state index is 12.8. The number of methoxy groups -OCH3 is 1. The average molecular weight is 461 g/mol. The number of anilines is 2. The third-order valence-electron chi connectivity index (χ3n) is 5.80. The van der Waals surface area contributed by atoms with E-state index in [1.807, 2.05) is 72.9 Å². The monoisotopic (exact) mass is 460 g/mol. The van der Waals surface area contributed by atoms with Gasteiger partial charge in [0.1, 0.15) is 11.6 Å². The van der Waals surface area contributed by atoms with Gasteiger partial charge in [0, 0.05) is 36.2 Å². The lowest BCUT2D eigenvalue weighted by atomic mass is 9.98. The largest absolute Gasteiger partial charge is 0.496 e. The van der Waals surface area contributed by atoms with Crippen molar-refractivity contribution in [3.05, 3.63) is 115 Å². The van der Waals surface area contributed by atoms with Gasteiger partial charge in [0.05, 0.1) is 12.7 Å². The molecule has 0 aliphatic rings. The first-order chi connectivity index (χ1) is 17.2. The Kier molecular flexibility index (Phi) is 6.35. The van der Waals surface area contributed by atoms with Crippen LogP contribution in [0.25, 0.3) is 21.9 Å². The minimum Gasteiger partial charge on any atom is -0.496 e. The summed E-state index contributed by atoms with van der Waals surface area (Å²) < 4.78 is 5.49. The van der Waals surface area contributed by atoms with Gasteiger partial charge in [-0.15, -0.1) is 0 Å². The van der Waals surface area contributed by atoms with Crippen LogP contribution in [0.2, 0.25) is 0 Å². The molecule has 1 amide bonds. The molecular weight excluding hydrogens is 436 g/mol. The summed E-state index contributed by atoms with van der Waals surface area (Å²) in [5.74, 6) is 1.12. The molecule has 0 bridgehead atoms. The molecule has 5 rings (SSSR count). The van der Waals surface area contributed by atoms with E-state index in [9.17, 15) is 4.79 Å². The molecular formula is C29H24N4O2. The fourth-order valence-electron chi connectivity index (χ4n) is 4.03. The Morgan fingerprint density at radius 2 is 1.69 bits per heavy atom. The summed E-state index contributed by atoms with van der Waals surface area (Å²) in [7, 11) is 1.66. The Bertz CT molecular complexity index is 1470. The molecule has 0 fully saturated rings. The third-order valence-corrected chi connectivity index (χ3v) is 5.80. The lowest BCUT2D eigenvalue weighted by molar-refractivity contribution is 0.0951. The Labute approximate surface area is 203 Å². The van der Waals surface area contributed by atoms with E-state index in [1.165, 1.54) is 0 Å². The van der Waals surface area contributed by atoms with Crippen molar-refractivity contribution < 1.29 is 9.53 Å². The first-order valence-corrected chi connectivity index (χ1v) is 11.3. The van der Waals surface area contributed by atoms with E-state index < -0.39 is 0 Å². The Morgan fingerprint density at radius 3 is 2.49 bits per heavy atom. The number of rotatable bonds is 7. The van der Waals surface area contributed by atoms with Crippen LogP contribution in [0.4, 0.5) is 11.5 Å². The Balaban J connectivity index is 1.36. The molecule has 0 atom stereocenters. The number of hydrogen-bond donors (Lipinski definition) is 2. The van der Waals surface area contributed by atoms with Crippen LogP contribution in [0.1, 0.15) is 15.9 Å². The third kappa shape index (κ3) is 4.82. The highest BCUT2D eigenvalue weighted by molar-refractivity contribution is 6.00. The van der Waals surface area contributed by atoms with Crippen LogP contribution >= 0.6 is 0 Å². The molecule has 0 unspecified atom stereocenters. The lowest BCUT2D eigenvalue weighted by Crippen LogP contribution is -2.24. The Hall–Kier alpha value is -4.71. The van der Waals surface area contributed by atoms with E-state index in [4.69, 9.17) is 4.74 Å². The molecule has 0 saturated carbocycles. The summed E-state index contributed by atoms with van der Waals surface area (Å²) >= 11 is 0. The maximum Gasteiger partial charge on any atom is 0.255 e. The molecule has 35 heavy (non-hydrogen) atoms. The number of hydrogen-bond acceptors (Lipinski definition) is 5. The molecule has 6 heteroatoms. The van der Waals surface area contributed by atoms with E-state index in [1.54, 1.807) is 31.6 Å². The minimum absolute atomic E-state index is 0.181. The van der Waals surface area contributed by atoms with Gasteiger partial charge in [0.15, 0.2) is 0 Å². The van der Waals surface area contributed by atoms with E-state index in [-0.39, 0.29) is 5.91 Å². The molecule has 2 heterocycles. The zero-order valence-corrected chi connectivity index (χ0v) is 19.2. The predicted octanol–water partition coefficient (Wildman–Crippen LogP) is 5.98. The zero-order chi connectivity index (χ0) is 24.0. The normalized spacial score (nSPS) is 10.7. The van der Waals surface area contributed by atoms with E-state index in [0.717, 1.165) is 38.9 Å². The first kappa shape index (κ1) is 22.1. The SMILES string of the molecule is COc1ccc(-c2ccc(Nc3ncccc3C(=O)NCc3ccccc3)cc2)c2ccncc12. The van der Waals surface area contributed by atoms with Crippen LogP contribution in [0.5, 0.6) is 5.75 Å². The number of nitrogens with zero attached hydrogens (tertiary/aromatic N) is 2. The second-order valence-corrected chi connectivity index (χ2v) is 8.01. The summed E-state index contributed by atoms with van der Waals surface area (Å²) in [5.41, 5.74) is 4.52. The van der Waals surface area contributed by atoms with Crippen LogP contribution in [-0.4, -0.2) is 23.0 Å². The van der Waals surface area contributed by atoms with Gasteiger partial charge in [-0.1, -0.05) is 48.5 Å². The van der Waals surface area contributed by atoms with Crippen molar-refractivity contribution in [1.29, 1.82) is 0 Å². The number of carbonyl (C=O) groups is 1. The number of aromatic nitrogens is 2. The number of ether oxygens (including phenoxy) is 1. The van der Waals surface area contributed by atoms with Gasteiger partial charge in [-0.05, 0) is 58.5 Å². The second-order valence-electron chi connectivity index (χ2n) is 8.01. The molecule has 3 aromatic carbocycles. The summed E-state index contributed by atoms with van der Waals surface area (Å²) in [6, 6.07) is 27.4. The molecule has 2 N–H and O–H groups in total. The Morgan fingerprint density at radius 1 is 0.857 bits per heavy atom. The highest BCUT2D eigenvalue weighted by Gasteiger charge is 2.13. The van der Waals surface area contributed by atoms with Crippen molar-refractivity contribution in [3.63, 3.8) is 0 Å². The summed E-state index contributed by atoms with van der Waals surface area (Å²) in [6.07, 6.45) is 5.27. The van der Waals surface area contributed by atoms with Crippen molar-refractivity contribution in [2.24, 2.45) is 0 Å². The van der Waals surface area contributed by atoms with E-state index in [2.05, 4.69) is 26.7 Å². The lowest BCUT2D eigenvalue weighted by Gasteiger charge is -2.13. The molecule has 0 spiro atoms. The zero-order valence-electron chi connectivity index (χ0n) is 19.2. The van der Waals surface area contributed by atoms with Crippen LogP contribution in [0, 0.1) is 0 Å². The van der Waals surface area contributed by atoms with Gasteiger partial charge in [-0.3, -0.25) is 9.78 Å². The molecule has 0 saturated heterocycles. The predicted molar refractivity (Wildman–Crippen MR) is 139 cm³/mol. The van der Waals surface area contributed by atoms with Gasteiger partial charge >= 0.3 is 0 Å². The van der Waals surface area contributed by atoms with Crippen LogP contribution in [0.15, 0.2) is 104 Å². The van der Waals surface area contributed by atoms with Crippen LogP contribution in [-0.2, 0) is 6.54 Å². The number of carbonyl (C=O) groups excluding carboxylic acids is 1. The van der Waals surface area contributed by atoms with Crippen molar-refractivity contribution in [3.8, 4) is 16.9 Å². The van der Waals surface area contributed by atoms with E-state index >= 15 is 0 Å². The highest BCUT2D eigenvalue weighted by atomic mass is 16.5. The van der Waals surface area contributed by atoms with Crippen molar-refractivity contribution in [2.75, 3.05) is 12.4 Å². The highest BCUT2D eigenvalue weighted by Crippen LogP contribution is 2.34. The molecule has 5 aromatic rings. The minimum atomic E-state index is -0.181. The van der Waals surface area contributed by atoms with Crippen LogP contribution < -0.4 is 15.4 Å². The quantitative estimate of drug-likeness (QED) is 0.313. The smallest absolute Gasteiger partial charge is 0.255 e.